The summed E-state index contributed by atoms with van der Waals surface area (Å²) in [5.74, 6) is 0.0135. The van der Waals surface area contributed by atoms with Crippen molar-refractivity contribution in [3.8, 4) is 0 Å². The van der Waals surface area contributed by atoms with E-state index in [1.165, 1.54) is 5.69 Å². The van der Waals surface area contributed by atoms with Gasteiger partial charge in [-0.1, -0.05) is 29.3 Å². The maximum absolute atomic E-state index is 12.5. The fraction of sp³-hybridized carbons (Fsp3) is 0.421. The number of hydrogen-bond donors (Lipinski definition) is 1. The van der Waals surface area contributed by atoms with E-state index >= 15 is 0 Å². The van der Waals surface area contributed by atoms with Gasteiger partial charge in [0.05, 0.1) is 18.6 Å². The topological polar surface area (TPSA) is 37.3 Å². The minimum atomic E-state index is -0.159. The van der Waals surface area contributed by atoms with E-state index < -0.39 is 0 Å². The lowest BCUT2D eigenvalue weighted by Gasteiger charge is -2.25. The van der Waals surface area contributed by atoms with E-state index in [-0.39, 0.29) is 11.9 Å². The highest BCUT2D eigenvalue weighted by molar-refractivity contribution is 6.35. The van der Waals surface area contributed by atoms with Crippen molar-refractivity contribution in [2.75, 3.05) is 13.1 Å². The molecule has 1 N–H and O–H groups in total. The summed E-state index contributed by atoms with van der Waals surface area (Å²) in [4.78, 5) is 14.8. The molecule has 1 aromatic heterocycles. The second-order valence-electron chi connectivity index (χ2n) is 6.63. The number of carbonyl (C=O) groups is 1. The maximum atomic E-state index is 12.5. The zero-order valence-electron chi connectivity index (χ0n) is 14.5. The Bertz CT molecular complexity index is 759. The molecule has 2 atom stereocenters. The number of halogens is 2. The van der Waals surface area contributed by atoms with Crippen LogP contribution in [-0.2, 0) is 11.8 Å². The molecule has 1 fully saturated rings. The fourth-order valence-corrected chi connectivity index (χ4v) is 4.14. The van der Waals surface area contributed by atoms with E-state index in [1.54, 1.807) is 12.1 Å². The zero-order valence-corrected chi connectivity index (χ0v) is 16.0. The van der Waals surface area contributed by atoms with Gasteiger partial charge in [-0.3, -0.25) is 9.69 Å². The molecule has 1 amide bonds. The highest BCUT2D eigenvalue weighted by atomic mass is 35.5. The molecule has 0 aliphatic carbocycles. The molecule has 0 unspecified atom stereocenters. The monoisotopic (exact) mass is 379 g/mol. The summed E-state index contributed by atoms with van der Waals surface area (Å²) in [6.45, 7) is 3.27. The molecule has 1 aliphatic heterocycles. The van der Waals surface area contributed by atoms with Crippen LogP contribution in [0.4, 0.5) is 0 Å². The third-order valence-corrected chi connectivity index (χ3v) is 5.40. The molecule has 1 aliphatic rings. The van der Waals surface area contributed by atoms with Crippen LogP contribution >= 0.6 is 23.2 Å². The van der Waals surface area contributed by atoms with Crippen LogP contribution < -0.4 is 5.32 Å². The van der Waals surface area contributed by atoms with Crippen LogP contribution in [0.5, 0.6) is 0 Å². The molecule has 0 saturated carbocycles. The second-order valence-corrected chi connectivity index (χ2v) is 7.47. The normalized spacial score (nSPS) is 19.1. The molecule has 1 aromatic carbocycles. The van der Waals surface area contributed by atoms with Gasteiger partial charge in [0.25, 0.3) is 0 Å². The Labute approximate surface area is 158 Å². The van der Waals surface area contributed by atoms with E-state index in [2.05, 4.69) is 40.2 Å². The molecular formula is C19H23Cl2N3O. The largest absolute Gasteiger partial charge is 0.353 e. The molecule has 0 radical (unpaired) electrons. The van der Waals surface area contributed by atoms with E-state index in [4.69, 9.17) is 23.2 Å². The molecular weight excluding hydrogens is 357 g/mol. The van der Waals surface area contributed by atoms with Crippen molar-refractivity contribution in [3.63, 3.8) is 0 Å². The number of benzene rings is 1. The van der Waals surface area contributed by atoms with Gasteiger partial charge in [0, 0.05) is 29.0 Å². The molecule has 2 aromatic rings. The minimum Gasteiger partial charge on any atom is -0.353 e. The van der Waals surface area contributed by atoms with Crippen molar-refractivity contribution >= 4 is 29.1 Å². The molecule has 2 heterocycles. The Kier molecular flexibility index (Phi) is 5.72. The fourth-order valence-electron chi connectivity index (χ4n) is 3.57. The lowest BCUT2D eigenvalue weighted by molar-refractivity contribution is -0.123. The van der Waals surface area contributed by atoms with Gasteiger partial charge in [-0.25, -0.2) is 0 Å². The lowest BCUT2D eigenvalue weighted by Crippen LogP contribution is -2.38. The zero-order chi connectivity index (χ0) is 18.0. The third-order valence-electron chi connectivity index (χ3n) is 4.84. The van der Waals surface area contributed by atoms with Crippen LogP contribution in [0.3, 0.4) is 0 Å². The average molecular weight is 380 g/mol. The van der Waals surface area contributed by atoms with Gasteiger partial charge in [-0.05, 0) is 56.1 Å². The standard InChI is InChI=1S/C19H23Cl2N3O/c1-13(15-8-7-14(20)11-16(15)21)22-19(25)12-24-10-4-6-18(24)17-5-3-9-23(17)2/h3,5,7-9,11,13,18H,4,6,10,12H2,1-2H3,(H,22,25)/t13-,18+/m0/s1. The highest BCUT2D eigenvalue weighted by Crippen LogP contribution is 2.31. The van der Waals surface area contributed by atoms with Crippen molar-refractivity contribution in [1.29, 1.82) is 0 Å². The number of amides is 1. The van der Waals surface area contributed by atoms with Crippen LogP contribution in [-0.4, -0.2) is 28.5 Å². The Hall–Kier alpha value is -1.49. The van der Waals surface area contributed by atoms with E-state index in [0.717, 1.165) is 24.9 Å². The summed E-state index contributed by atoms with van der Waals surface area (Å²) in [6.07, 6.45) is 4.25. The Balaban J connectivity index is 1.63. The highest BCUT2D eigenvalue weighted by Gasteiger charge is 2.29. The first-order chi connectivity index (χ1) is 12.0. The van der Waals surface area contributed by atoms with Gasteiger partial charge >= 0.3 is 0 Å². The van der Waals surface area contributed by atoms with Crippen LogP contribution in [0.2, 0.25) is 10.0 Å². The molecule has 4 nitrogen and oxygen atoms in total. The Morgan fingerprint density at radius 3 is 2.84 bits per heavy atom. The summed E-state index contributed by atoms with van der Waals surface area (Å²) in [5.41, 5.74) is 2.14. The molecule has 0 spiro atoms. The summed E-state index contributed by atoms with van der Waals surface area (Å²) in [6, 6.07) is 9.68. The van der Waals surface area contributed by atoms with Gasteiger partial charge in [0.15, 0.2) is 0 Å². The molecule has 0 bridgehead atoms. The van der Waals surface area contributed by atoms with Crippen molar-refractivity contribution in [1.82, 2.24) is 14.8 Å². The SMILES string of the molecule is C[C@H](NC(=O)CN1CCC[C@@H]1c1cccn1C)c1ccc(Cl)cc1Cl. The van der Waals surface area contributed by atoms with Crippen molar-refractivity contribution < 1.29 is 4.79 Å². The number of carbonyl (C=O) groups excluding carboxylic acids is 1. The van der Waals surface area contributed by atoms with Crippen molar-refractivity contribution in [2.45, 2.75) is 31.8 Å². The number of nitrogens with one attached hydrogen (secondary N) is 1. The lowest BCUT2D eigenvalue weighted by atomic mass is 10.1. The van der Waals surface area contributed by atoms with Crippen molar-refractivity contribution in [2.24, 2.45) is 7.05 Å². The first kappa shape index (κ1) is 18.3. The van der Waals surface area contributed by atoms with E-state index in [0.29, 0.717) is 22.6 Å². The van der Waals surface area contributed by atoms with Crippen LogP contribution in [0.15, 0.2) is 36.5 Å². The molecule has 6 heteroatoms. The number of aryl methyl sites for hydroxylation is 1. The van der Waals surface area contributed by atoms with Crippen LogP contribution in [0, 0.1) is 0 Å². The molecule has 134 valence electrons. The quantitative estimate of drug-likeness (QED) is 0.838. The first-order valence-corrected chi connectivity index (χ1v) is 9.31. The predicted molar refractivity (Wildman–Crippen MR) is 102 cm³/mol. The van der Waals surface area contributed by atoms with Gasteiger partial charge < -0.3 is 9.88 Å². The second kappa shape index (κ2) is 7.81. The smallest absolute Gasteiger partial charge is 0.234 e. The minimum absolute atomic E-state index is 0.0135. The number of rotatable bonds is 5. The first-order valence-electron chi connectivity index (χ1n) is 8.55. The average Bonchev–Trinajstić information content (AvgIpc) is 3.15. The number of hydrogen-bond acceptors (Lipinski definition) is 2. The predicted octanol–water partition coefficient (Wildman–Crippen LogP) is 4.35. The van der Waals surface area contributed by atoms with Crippen LogP contribution in [0.25, 0.3) is 0 Å². The molecule has 3 rings (SSSR count). The number of aromatic nitrogens is 1. The van der Waals surface area contributed by atoms with Gasteiger partial charge in [0.1, 0.15) is 0 Å². The Morgan fingerprint density at radius 1 is 1.36 bits per heavy atom. The van der Waals surface area contributed by atoms with Crippen LogP contribution in [0.1, 0.15) is 43.1 Å². The summed E-state index contributed by atoms with van der Waals surface area (Å²) >= 11 is 12.2. The van der Waals surface area contributed by atoms with Crippen molar-refractivity contribution in [3.05, 3.63) is 57.8 Å². The maximum Gasteiger partial charge on any atom is 0.234 e. The summed E-state index contributed by atoms with van der Waals surface area (Å²) in [7, 11) is 2.05. The molecule has 1 saturated heterocycles. The summed E-state index contributed by atoms with van der Waals surface area (Å²) in [5, 5.41) is 4.21. The van der Waals surface area contributed by atoms with Gasteiger partial charge in [-0.15, -0.1) is 0 Å². The van der Waals surface area contributed by atoms with E-state index in [1.807, 2.05) is 13.0 Å². The summed E-state index contributed by atoms with van der Waals surface area (Å²) < 4.78 is 2.14. The van der Waals surface area contributed by atoms with E-state index in [9.17, 15) is 4.79 Å². The number of likely N-dealkylation sites (tertiary alicyclic amines) is 1. The number of nitrogens with zero attached hydrogens (tertiary/aromatic N) is 2. The Morgan fingerprint density at radius 2 is 2.16 bits per heavy atom. The van der Waals surface area contributed by atoms with Gasteiger partial charge in [-0.2, -0.15) is 0 Å². The molecule has 25 heavy (non-hydrogen) atoms. The third kappa shape index (κ3) is 4.20. The van der Waals surface area contributed by atoms with Gasteiger partial charge in [0.2, 0.25) is 5.91 Å².